The van der Waals surface area contributed by atoms with Gasteiger partial charge in [0.25, 0.3) is 0 Å². The largest absolute Gasteiger partial charge is 0.475 e. The van der Waals surface area contributed by atoms with E-state index in [-0.39, 0.29) is 17.5 Å². The Balaban J connectivity index is 2.54. The lowest BCUT2D eigenvalue weighted by atomic mass is 10.2. The third-order valence-electron chi connectivity index (χ3n) is 2.39. The van der Waals surface area contributed by atoms with E-state index >= 15 is 0 Å². The van der Waals surface area contributed by atoms with Crippen molar-refractivity contribution < 1.29 is 18.7 Å². The van der Waals surface area contributed by atoms with Crippen LogP contribution in [0.4, 0.5) is 4.39 Å². The van der Waals surface area contributed by atoms with Gasteiger partial charge in [-0.2, -0.15) is 0 Å². The van der Waals surface area contributed by atoms with Crippen molar-refractivity contribution in [1.82, 2.24) is 4.98 Å². The Morgan fingerprint density at radius 2 is 2.28 bits per heavy atom. The van der Waals surface area contributed by atoms with Crippen LogP contribution in [0.15, 0.2) is 22.6 Å². The first-order chi connectivity index (χ1) is 8.52. The standard InChI is InChI=1S/C12H9FINO3/c1-2-9-10(12(16)17)18-11(15-9)7-4-3-6(13)5-8(7)14/h3-5H,2H2,1H3,(H,16,17). The van der Waals surface area contributed by atoms with Gasteiger partial charge in [0.05, 0.1) is 11.3 Å². The fourth-order valence-corrected chi connectivity index (χ4v) is 2.24. The number of carboxylic acid groups (broad SMARTS) is 1. The van der Waals surface area contributed by atoms with E-state index in [2.05, 4.69) is 4.98 Å². The predicted molar refractivity (Wildman–Crippen MR) is 71.0 cm³/mol. The lowest BCUT2D eigenvalue weighted by molar-refractivity contribution is 0.0662. The van der Waals surface area contributed by atoms with Crippen LogP contribution in [0.2, 0.25) is 0 Å². The van der Waals surface area contributed by atoms with E-state index < -0.39 is 5.97 Å². The normalized spacial score (nSPS) is 10.6. The number of aromatic carboxylic acids is 1. The second-order valence-corrected chi connectivity index (χ2v) is 4.74. The fraction of sp³-hybridized carbons (Fsp3) is 0.167. The molecular formula is C12H9FINO3. The number of rotatable bonds is 3. The van der Waals surface area contributed by atoms with Crippen molar-refractivity contribution in [3.05, 3.63) is 39.0 Å². The van der Waals surface area contributed by atoms with E-state index in [9.17, 15) is 9.18 Å². The topological polar surface area (TPSA) is 63.3 Å². The molecular weight excluding hydrogens is 352 g/mol. The van der Waals surface area contributed by atoms with Gasteiger partial charge in [-0.05, 0) is 47.2 Å². The number of carboxylic acids is 1. The highest BCUT2D eigenvalue weighted by atomic mass is 127. The average molecular weight is 361 g/mol. The smallest absolute Gasteiger partial charge is 0.373 e. The van der Waals surface area contributed by atoms with E-state index in [4.69, 9.17) is 9.52 Å². The molecule has 1 aromatic carbocycles. The molecule has 0 atom stereocenters. The number of aryl methyl sites for hydroxylation is 1. The van der Waals surface area contributed by atoms with Crippen LogP contribution in [0.3, 0.4) is 0 Å². The Hall–Kier alpha value is -1.44. The van der Waals surface area contributed by atoms with Gasteiger partial charge in [-0.3, -0.25) is 0 Å². The molecule has 0 aliphatic carbocycles. The van der Waals surface area contributed by atoms with Crippen LogP contribution in [-0.4, -0.2) is 16.1 Å². The molecule has 1 heterocycles. The van der Waals surface area contributed by atoms with Crippen molar-refractivity contribution in [2.75, 3.05) is 0 Å². The molecule has 0 saturated heterocycles. The minimum atomic E-state index is -1.15. The van der Waals surface area contributed by atoms with E-state index in [1.54, 1.807) is 6.92 Å². The minimum absolute atomic E-state index is 0.160. The molecule has 1 aromatic heterocycles. The molecule has 0 spiro atoms. The molecule has 4 nitrogen and oxygen atoms in total. The molecule has 6 heteroatoms. The van der Waals surface area contributed by atoms with Crippen LogP contribution in [0, 0.1) is 9.39 Å². The molecule has 1 N–H and O–H groups in total. The van der Waals surface area contributed by atoms with Crippen LogP contribution in [0.5, 0.6) is 0 Å². The van der Waals surface area contributed by atoms with Crippen LogP contribution in [-0.2, 0) is 6.42 Å². The summed E-state index contributed by atoms with van der Waals surface area (Å²) in [6, 6.07) is 4.15. The molecule has 0 radical (unpaired) electrons. The second-order valence-electron chi connectivity index (χ2n) is 3.58. The quantitative estimate of drug-likeness (QED) is 0.852. The summed E-state index contributed by atoms with van der Waals surface area (Å²) >= 11 is 1.95. The highest BCUT2D eigenvalue weighted by Gasteiger charge is 2.20. The molecule has 2 aromatic rings. The Kier molecular flexibility index (Phi) is 3.65. The van der Waals surface area contributed by atoms with E-state index in [1.165, 1.54) is 18.2 Å². The number of aromatic nitrogens is 1. The predicted octanol–water partition coefficient (Wildman–Crippen LogP) is 3.35. The van der Waals surface area contributed by atoms with Crippen LogP contribution >= 0.6 is 22.6 Å². The van der Waals surface area contributed by atoms with Crippen molar-refractivity contribution in [3.63, 3.8) is 0 Å². The highest BCUT2D eigenvalue weighted by Crippen LogP contribution is 2.27. The van der Waals surface area contributed by atoms with E-state index in [0.29, 0.717) is 21.2 Å². The highest BCUT2D eigenvalue weighted by molar-refractivity contribution is 14.1. The summed E-state index contributed by atoms with van der Waals surface area (Å²) in [6.07, 6.45) is 0.461. The summed E-state index contributed by atoms with van der Waals surface area (Å²) in [5.74, 6) is -1.46. The number of hydrogen-bond donors (Lipinski definition) is 1. The molecule has 0 saturated carbocycles. The maximum atomic E-state index is 13.0. The van der Waals surface area contributed by atoms with Crippen molar-refractivity contribution >= 4 is 28.6 Å². The summed E-state index contributed by atoms with van der Waals surface area (Å²) in [5, 5.41) is 8.97. The zero-order valence-electron chi connectivity index (χ0n) is 9.41. The first-order valence-corrected chi connectivity index (χ1v) is 6.29. The lowest BCUT2D eigenvalue weighted by Gasteiger charge is -1.99. The minimum Gasteiger partial charge on any atom is -0.475 e. The monoisotopic (exact) mass is 361 g/mol. The van der Waals surface area contributed by atoms with E-state index in [0.717, 1.165) is 0 Å². The van der Waals surface area contributed by atoms with Gasteiger partial charge < -0.3 is 9.52 Å². The van der Waals surface area contributed by atoms with Crippen molar-refractivity contribution in [1.29, 1.82) is 0 Å². The molecule has 0 aliphatic rings. The number of halogens is 2. The van der Waals surface area contributed by atoms with Gasteiger partial charge in [0, 0.05) is 3.57 Å². The summed E-state index contributed by atoms with van der Waals surface area (Å²) < 4.78 is 18.8. The van der Waals surface area contributed by atoms with Crippen LogP contribution < -0.4 is 0 Å². The number of hydrogen-bond acceptors (Lipinski definition) is 3. The number of nitrogens with zero attached hydrogens (tertiary/aromatic N) is 1. The molecule has 2 rings (SSSR count). The summed E-state index contributed by atoms with van der Waals surface area (Å²) in [4.78, 5) is 15.1. The average Bonchev–Trinajstić information content (AvgIpc) is 2.73. The molecule has 94 valence electrons. The fourth-order valence-electron chi connectivity index (χ4n) is 1.54. The van der Waals surface area contributed by atoms with Gasteiger partial charge in [-0.25, -0.2) is 14.2 Å². The third-order valence-corrected chi connectivity index (χ3v) is 3.28. The van der Waals surface area contributed by atoms with Gasteiger partial charge in [-0.1, -0.05) is 6.92 Å². The number of carbonyl (C=O) groups is 1. The Morgan fingerprint density at radius 1 is 1.56 bits per heavy atom. The SMILES string of the molecule is CCc1nc(-c2ccc(F)cc2I)oc1C(=O)O. The van der Waals surface area contributed by atoms with Gasteiger partial charge in [0.1, 0.15) is 5.82 Å². The first kappa shape index (κ1) is 13.0. The first-order valence-electron chi connectivity index (χ1n) is 5.21. The van der Waals surface area contributed by atoms with Gasteiger partial charge >= 0.3 is 5.97 Å². The van der Waals surface area contributed by atoms with Crippen molar-refractivity contribution in [3.8, 4) is 11.5 Å². The zero-order valence-corrected chi connectivity index (χ0v) is 11.6. The van der Waals surface area contributed by atoms with Gasteiger partial charge in [0.15, 0.2) is 0 Å². The molecule has 0 bridgehead atoms. The zero-order chi connectivity index (χ0) is 13.3. The number of oxazole rings is 1. The molecule has 0 amide bonds. The third kappa shape index (κ3) is 2.38. The second kappa shape index (κ2) is 5.05. The molecule has 0 unspecified atom stereocenters. The molecule has 0 aliphatic heterocycles. The molecule has 18 heavy (non-hydrogen) atoms. The lowest BCUT2D eigenvalue weighted by Crippen LogP contribution is -1.98. The maximum absolute atomic E-state index is 13.0. The van der Waals surface area contributed by atoms with Crippen molar-refractivity contribution in [2.45, 2.75) is 13.3 Å². The van der Waals surface area contributed by atoms with E-state index in [1.807, 2.05) is 22.6 Å². The Labute approximate surface area is 116 Å². The Morgan fingerprint density at radius 3 is 2.78 bits per heavy atom. The summed E-state index contributed by atoms with van der Waals surface area (Å²) in [6.45, 7) is 1.80. The maximum Gasteiger partial charge on any atom is 0.373 e. The number of benzene rings is 1. The van der Waals surface area contributed by atoms with Gasteiger partial charge in [-0.15, -0.1) is 0 Å². The van der Waals surface area contributed by atoms with Gasteiger partial charge in [0.2, 0.25) is 11.7 Å². The van der Waals surface area contributed by atoms with Crippen molar-refractivity contribution in [2.24, 2.45) is 0 Å². The van der Waals surface area contributed by atoms with Crippen LogP contribution in [0.25, 0.3) is 11.5 Å². The summed E-state index contributed by atoms with van der Waals surface area (Å²) in [7, 11) is 0. The summed E-state index contributed by atoms with van der Waals surface area (Å²) in [5.41, 5.74) is 0.969. The van der Waals surface area contributed by atoms with Crippen LogP contribution in [0.1, 0.15) is 23.2 Å². The Bertz CT molecular complexity index is 609. The molecule has 0 fully saturated rings.